The van der Waals surface area contributed by atoms with Gasteiger partial charge in [0.1, 0.15) is 11.5 Å². The first-order valence-electron chi connectivity index (χ1n) is 8.01. The fourth-order valence-corrected chi connectivity index (χ4v) is 3.39. The van der Waals surface area contributed by atoms with Crippen LogP contribution in [0.5, 0.6) is 11.5 Å². The van der Waals surface area contributed by atoms with Crippen molar-refractivity contribution in [3.05, 3.63) is 84.4 Å². The van der Waals surface area contributed by atoms with E-state index >= 15 is 0 Å². The molecule has 0 fully saturated rings. The highest BCUT2D eigenvalue weighted by atomic mass is 32.2. The summed E-state index contributed by atoms with van der Waals surface area (Å²) < 4.78 is 33.1. The molecule has 0 amide bonds. The Morgan fingerprint density at radius 3 is 2.00 bits per heavy atom. The van der Waals surface area contributed by atoms with E-state index in [1.807, 2.05) is 49.4 Å². The molecule has 3 aromatic rings. The first kappa shape index (κ1) is 17.0. The molecule has 0 radical (unpaired) electrons. The second-order valence-electron chi connectivity index (χ2n) is 5.54. The molecule has 0 atom stereocenters. The number of rotatable bonds is 6. The van der Waals surface area contributed by atoms with Gasteiger partial charge in [-0.25, -0.2) is 8.42 Å². The molecular weight excluding hydrogens is 334 g/mol. The molecule has 3 rings (SSSR count). The first-order chi connectivity index (χ1) is 12.1. The maximum Gasteiger partial charge on any atom is 0.261 e. The van der Waals surface area contributed by atoms with Crippen molar-refractivity contribution in [1.29, 1.82) is 0 Å². The van der Waals surface area contributed by atoms with E-state index in [2.05, 4.69) is 4.72 Å². The molecule has 0 aliphatic rings. The van der Waals surface area contributed by atoms with E-state index in [9.17, 15) is 8.42 Å². The first-order valence-corrected chi connectivity index (χ1v) is 9.50. The lowest BCUT2D eigenvalue weighted by Gasteiger charge is -2.10. The van der Waals surface area contributed by atoms with Crippen LogP contribution in [0.15, 0.2) is 83.8 Å². The van der Waals surface area contributed by atoms with Crippen molar-refractivity contribution in [2.24, 2.45) is 0 Å². The number of nitrogens with one attached hydrogen (secondary N) is 1. The van der Waals surface area contributed by atoms with Crippen LogP contribution >= 0.6 is 0 Å². The van der Waals surface area contributed by atoms with Crippen LogP contribution < -0.4 is 9.46 Å². The summed E-state index contributed by atoms with van der Waals surface area (Å²) in [5.74, 6) is 1.37. The second kappa shape index (κ2) is 7.40. The van der Waals surface area contributed by atoms with Crippen molar-refractivity contribution in [3.8, 4) is 11.5 Å². The third-order valence-electron chi connectivity index (χ3n) is 3.73. The molecule has 3 aromatic carbocycles. The van der Waals surface area contributed by atoms with Crippen molar-refractivity contribution in [2.45, 2.75) is 18.2 Å². The quantitative estimate of drug-likeness (QED) is 0.690. The molecule has 1 N–H and O–H groups in total. The SMILES string of the molecule is CCc1ccc(S(=O)(=O)Nc2ccc(Oc3ccccc3)cc2)cc1. The summed E-state index contributed by atoms with van der Waals surface area (Å²) in [7, 11) is -3.60. The molecule has 0 unspecified atom stereocenters. The third-order valence-corrected chi connectivity index (χ3v) is 5.12. The number of anilines is 1. The zero-order valence-corrected chi connectivity index (χ0v) is 14.7. The maximum absolute atomic E-state index is 12.4. The van der Waals surface area contributed by atoms with Crippen LogP contribution in [0, 0.1) is 0 Å². The molecule has 0 bridgehead atoms. The van der Waals surface area contributed by atoms with Gasteiger partial charge in [0.25, 0.3) is 10.0 Å². The van der Waals surface area contributed by atoms with E-state index < -0.39 is 10.0 Å². The van der Waals surface area contributed by atoms with Crippen LogP contribution in [0.2, 0.25) is 0 Å². The number of hydrogen-bond donors (Lipinski definition) is 1. The standard InChI is InChI=1S/C20H19NO3S/c1-2-16-8-14-20(15-9-16)25(22,23)21-17-10-12-19(13-11-17)24-18-6-4-3-5-7-18/h3-15,21H,2H2,1H3. The maximum atomic E-state index is 12.4. The number of aryl methyl sites for hydroxylation is 1. The Morgan fingerprint density at radius 1 is 0.800 bits per heavy atom. The van der Waals surface area contributed by atoms with Gasteiger partial charge < -0.3 is 4.74 Å². The van der Waals surface area contributed by atoms with E-state index in [1.165, 1.54) is 0 Å². The van der Waals surface area contributed by atoms with Crippen LogP contribution in [0.3, 0.4) is 0 Å². The van der Waals surface area contributed by atoms with Gasteiger partial charge in [-0.2, -0.15) is 0 Å². The third kappa shape index (κ3) is 4.39. The van der Waals surface area contributed by atoms with Gasteiger partial charge in [0, 0.05) is 5.69 Å². The lowest BCUT2D eigenvalue weighted by Crippen LogP contribution is -2.12. The van der Waals surface area contributed by atoms with Gasteiger partial charge in [0.15, 0.2) is 0 Å². The van der Waals surface area contributed by atoms with Gasteiger partial charge in [0.2, 0.25) is 0 Å². The highest BCUT2D eigenvalue weighted by molar-refractivity contribution is 7.92. The van der Waals surface area contributed by atoms with Crippen LogP contribution in [-0.4, -0.2) is 8.42 Å². The van der Waals surface area contributed by atoms with Crippen molar-refractivity contribution >= 4 is 15.7 Å². The molecular formula is C20H19NO3S. The molecule has 25 heavy (non-hydrogen) atoms. The lowest BCUT2D eigenvalue weighted by molar-refractivity contribution is 0.483. The Kier molecular flexibility index (Phi) is 5.05. The topological polar surface area (TPSA) is 55.4 Å². The number of sulfonamides is 1. The minimum Gasteiger partial charge on any atom is -0.457 e. The normalized spacial score (nSPS) is 11.1. The Hall–Kier alpha value is -2.79. The second-order valence-corrected chi connectivity index (χ2v) is 7.22. The number of hydrogen-bond acceptors (Lipinski definition) is 3. The monoisotopic (exact) mass is 353 g/mol. The van der Waals surface area contributed by atoms with Gasteiger partial charge in [-0.15, -0.1) is 0 Å². The minimum atomic E-state index is -3.60. The molecule has 0 saturated heterocycles. The Balaban J connectivity index is 1.71. The average Bonchev–Trinajstić information content (AvgIpc) is 2.64. The molecule has 128 valence electrons. The van der Waals surface area contributed by atoms with Gasteiger partial charge in [-0.05, 0) is 60.5 Å². The zero-order chi connectivity index (χ0) is 17.7. The largest absolute Gasteiger partial charge is 0.457 e. The molecule has 0 saturated carbocycles. The van der Waals surface area contributed by atoms with E-state index in [4.69, 9.17) is 4.74 Å². The van der Waals surface area contributed by atoms with E-state index in [0.29, 0.717) is 11.4 Å². The van der Waals surface area contributed by atoms with E-state index in [-0.39, 0.29) is 4.90 Å². The summed E-state index contributed by atoms with van der Waals surface area (Å²) in [6, 6.07) is 23.1. The van der Waals surface area contributed by atoms with Crippen LogP contribution in [0.4, 0.5) is 5.69 Å². The molecule has 0 spiro atoms. The summed E-state index contributed by atoms with van der Waals surface area (Å²) in [6.07, 6.45) is 0.872. The lowest BCUT2D eigenvalue weighted by atomic mass is 10.2. The predicted molar refractivity (Wildman–Crippen MR) is 99.6 cm³/mol. The van der Waals surface area contributed by atoms with Crippen molar-refractivity contribution in [2.75, 3.05) is 4.72 Å². The Bertz CT molecular complexity index is 919. The summed E-state index contributed by atoms with van der Waals surface area (Å²) in [5.41, 5.74) is 1.58. The Labute approximate surface area is 148 Å². The fourth-order valence-electron chi connectivity index (χ4n) is 2.33. The summed E-state index contributed by atoms with van der Waals surface area (Å²) in [5, 5.41) is 0. The van der Waals surface area contributed by atoms with Crippen molar-refractivity contribution < 1.29 is 13.2 Å². The van der Waals surface area contributed by atoms with Crippen LogP contribution in [0.25, 0.3) is 0 Å². The predicted octanol–water partition coefficient (Wildman–Crippen LogP) is 4.84. The van der Waals surface area contributed by atoms with Crippen molar-refractivity contribution in [1.82, 2.24) is 0 Å². The number of para-hydroxylation sites is 1. The summed E-state index contributed by atoms with van der Waals surface area (Å²) in [6.45, 7) is 2.03. The Morgan fingerprint density at radius 2 is 1.40 bits per heavy atom. The van der Waals surface area contributed by atoms with E-state index in [0.717, 1.165) is 17.7 Å². The molecule has 0 aliphatic heterocycles. The van der Waals surface area contributed by atoms with E-state index in [1.54, 1.807) is 36.4 Å². The smallest absolute Gasteiger partial charge is 0.261 e. The van der Waals surface area contributed by atoms with Gasteiger partial charge >= 0.3 is 0 Å². The zero-order valence-electron chi connectivity index (χ0n) is 13.8. The summed E-state index contributed by atoms with van der Waals surface area (Å²) in [4.78, 5) is 0.245. The highest BCUT2D eigenvalue weighted by Crippen LogP contribution is 2.24. The van der Waals surface area contributed by atoms with Crippen LogP contribution in [-0.2, 0) is 16.4 Å². The number of benzene rings is 3. The van der Waals surface area contributed by atoms with Crippen molar-refractivity contribution in [3.63, 3.8) is 0 Å². The summed E-state index contributed by atoms with van der Waals surface area (Å²) >= 11 is 0. The molecule has 5 heteroatoms. The van der Waals surface area contributed by atoms with Gasteiger partial charge in [0.05, 0.1) is 4.90 Å². The van der Waals surface area contributed by atoms with Crippen LogP contribution in [0.1, 0.15) is 12.5 Å². The number of ether oxygens (including phenoxy) is 1. The molecule has 0 aliphatic carbocycles. The molecule has 0 heterocycles. The molecule has 4 nitrogen and oxygen atoms in total. The molecule has 0 aromatic heterocycles. The minimum absolute atomic E-state index is 0.245. The highest BCUT2D eigenvalue weighted by Gasteiger charge is 2.14. The average molecular weight is 353 g/mol. The fraction of sp³-hybridized carbons (Fsp3) is 0.100. The van der Waals surface area contributed by atoms with Gasteiger partial charge in [-0.3, -0.25) is 4.72 Å². The van der Waals surface area contributed by atoms with Gasteiger partial charge in [-0.1, -0.05) is 37.3 Å².